The molecule has 0 aliphatic carbocycles. The van der Waals surface area contributed by atoms with Crippen molar-refractivity contribution < 1.29 is 4.79 Å². The van der Waals surface area contributed by atoms with Gasteiger partial charge < -0.3 is 11.1 Å². The number of anilines is 1. The zero-order chi connectivity index (χ0) is 14.4. The van der Waals surface area contributed by atoms with Gasteiger partial charge in [0.2, 0.25) is 0 Å². The van der Waals surface area contributed by atoms with Gasteiger partial charge in [0.1, 0.15) is 0 Å². The van der Waals surface area contributed by atoms with Crippen LogP contribution in [0.1, 0.15) is 15.9 Å². The number of halogens is 1. The van der Waals surface area contributed by atoms with Crippen molar-refractivity contribution in [3.8, 4) is 11.8 Å². The van der Waals surface area contributed by atoms with Crippen LogP contribution in [-0.2, 0) is 0 Å². The summed E-state index contributed by atoms with van der Waals surface area (Å²) in [6, 6.07) is 14.0. The molecule has 3 nitrogen and oxygen atoms in total. The van der Waals surface area contributed by atoms with Gasteiger partial charge in [0.05, 0.1) is 6.54 Å². The van der Waals surface area contributed by atoms with Crippen molar-refractivity contribution in [1.29, 1.82) is 0 Å². The number of benzene rings is 2. The number of rotatable bonds is 2. The van der Waals surface area contributed by atoms with Crippen LogP contribution in [0.25, 0.3) is 0 Å². The molecule has 1 amide bonds. The van der Waals surface area contributed by atoms with Crippen LogP contribution in [0.3, 0.4) is 0 Å². The first-order valence-corrected chi connectivity index (χ1v) is 6.43. The molecule has 0 heterocycles. The number of carbonyl (C=O) groups is 1. The summed E-state index contributed by atoms with van der Waals surface area (Å²) in [6.45, 7) is 0.327. The summed E-state index contributed by atoms with van der Waals surface area (Å²) in [5.74, 6) is 5.49. The van der Waals surface area contributed by atoms with Crippen LogP contribution in [0.4, 0.5) is 5.69 Å². The SMILES string of the molecule is NCC#Cc1ccc(NC(=O)c2cccc(Cl)c2)cc1. The summed E-state index contributed by atoms with van der Waals surface area (Å²) in [7, 11) is 0. The smallest absolute Gasteiger partial charge is 0.255 e. The van der Waals surface area contributed by atoms with Gasteiger partial charge in [-0.3, -0.25) is 4.79 Å². The molecule has 0 radical (unpaired) electrons. The normalized spacial score (nSPS) is 9.50. The minimum atomic E-state index is -0.201. The lowest BCUT2D eigenvalue weighted by molar-refractivity contribution is 0.102. The molecule has 0 aliphatic heterocycles. The maximum Gasteiger partial charge on any atom is 0.255 e. The molecule has 4 heteroatoms. The zero-order valence-corrected chi connectivity index (χ0v) is 11.4. The van der Waals surface area contributed by atoms with E-state index in [4.69, 9.17) is 17.3 Å². The highest BCUT2D eigenvalue weighted by atomic mass is 35.5. The highest BCUT2D eigenvalue weighted by molar-refractivity contribution is 6.31. The van der Waals surface area contributed by atoms with E-state index < -0.39 is 0 Å². The van der Waals surface area contributed by atoms with Crippen LogP contribution in [0, 0.1) is 11.8 Å². The highest BCUT2D eigenvalue weighted by Gasteiger charge is 2.06. The Balaban J connectivity index is 2.08. The fraction of sp³-hybridized carbons (Fsp3) is 0.0625. The molecule has 0 bridgehead atoms. The second-order valence-corrected chi connectivity index (χ2v) is 4.48. The minimum absolute atomic E-state index is 0.201. The molecule has 0 saturated heterocycles. The number of nitrogens with two attached hydrogens (primary N) is 1. The molecule has 0 unspecified atom stereocenters. The average molecular weight is 285 g/mol. The Morgan fingerprint density at radius 1 is 1.20 bits per heavy atom. The molecule has 2 aromatic carbocycles. The van der Waals surface area contributed by atoms with E-state index in [1.807, 2.05) is 12.1 Å². The van der Waals surface area contributed by atoms with E-state index in [9.17, 15) is 4.79 Å². The lowest BCUT2D eigenvalue weighted by Gasteiger charge is -2.05. The quantitative estimate of drug-likeness (QED) is 0.833. The monoisotopic (exact) mass is 284 g/mol. The topological polar surface area (TPSA) is 55.1 Å². The first kappa shape index (κ1) is 14.1. The van der Waals surface area contributed by atoms with Crippen LogP contribution < -0.4 is 11.1 Å². The Bertz CT molecular complexity index is 669. The standard InChI is InChI=1S/C16H13ClN2O/c17-14-5-1-4-13(11-14)16(20)19-15-8-6-12(7-9-15)3-2-10-18/h1,4-9,11H,10,18H2,(H,19,20). The second kappa shape index (κ2) is 6.76. The molecule has 3 N–H and O–H groups in total. The average Bonchev–Trinajstić information content (AvgIpc) is 2.46. The van der Waals surface area contributed by atoms with E-state index >= 15 is 0 Å². The lowest BCUT2D eigenvalue weighted by atomic mass is 10.2. The van der Waals surface area contributed by atoms with Gasteiger partial charge in [-0.25, -0.2) is 0 Å². The van der Waals surface area contributed by atoms with Crippen LogP contribution in [0.5, 0.6) is 0 Å². The predicted octanol–water partition coefficient (Wildman–Crippen LogP) is 2.90. The first-order valence-electron chi connectivity index (χ1n) is 6.05. The number of nitrogens with one attached hydrogen (secondary N) is 1. The number of amides is 1. The maximum absolute atomic E-state index is 12.0. The summed E-state index contributed by atoms with van der Waals surface area (Å²) in [5.41, 5.74) is 7.39. The molecular formula is C16H13ClN2O. The molecule has 0 spiro atoms. The van der Waals surface area contributed by atoms with Gasteiger partial charge in [-0.2, -0.15) is 0 Å². The molecule has 0 saturated carbocycles. The Kier molecular flexibility index (Phi) is 4.78. The predicted molar refractivity (Wildman–Crippen MR) is 81.8 cm³/mol. The van der Waals surface area contributed by atoms with Crippen molar-refractivity contribution in [2.45, 2.75) is 0 Å². The summed E-state index contributed by atoms with van der Waals surface area (Å²) in [6.07, 6.45) is 0. The Morgan fingerprint density at radius 3 is 2.60 bits per heavy atom. The molecule has 0 aromatic heterocycles. The molecule has 2 aromatic rings. The Hall–Kier alpha value is -2.28. The first-order chi connectivity index (χ1) is 9.69. The van der Waals surface area contributed by atoms with Crippen molar-refractivity contribution in [3.63, 3.8) is 0 Å². The fourth-order valence-electron chi connectivity index (χ4n) is 1.62. The van der Waals surface area contributed by atoms with Crippen LogP contribution >= 0.6 is 11.6 Å². The molecule has 20 heavy (non-hydrogen) atoms. The third-order valence-corrected chi connectivity index (χ3v) is 2.80. The van der Waals surface area contributed by atoms with E-state index in [0.717, 1.165) is 5.56 Å². The van der Waals surface area contributed by atoms with Crippen molar-refractivity contribution in [3.05, 3.63) is 64.7 Å². The summed E-state index contributed by atoms with van der Waals surface area (Å²) >= 11 is 5.86. The maximum atomic E-state index is 12.0. The molecule has 0 aliphatic rings. The van der Waals surface area contributed by atoms with Gasteiger partial charge in [-0.15, -0.1) is 0 Å². The highest BCUT2D eigenvalue weighted by Crippen LogP contribution is 2.14. The Morgan fingerprint density at radius 2 is 1.95 bits per heavy atom. The molecule has 100 valence electrons. The van der Waals surface area contributed by atoms with E-state index in [2.05, 4.69) is 17.2 Å². The van der Waals surface area contributed by atoms with Gasteiger partial charge in [-0.1, -0.05) is 29.5 Å². The number of hydrogen-bond acceptors (Lipinski definition) is 2. The number of carbonyl (C=O) groups excluding carboxylic acids is 1. The minimum Gasteiger partial charge on any atom is -0.322 e. The van der Waals surface area contributed by atoms with Crippen molar-refractivity contribution in [2.75, 3.05) is 11.9 Å². The fourth-order valence-corrected chi connectivity index (χ4v) is 1.81. The van der Waals surface area contributed by atoms with E-state index in [1.165, 1.54) is 0 Å². The summed E-state index contributed by atoms with van der Waals surface area (Å²) in [5, 5.41) is 3.33. The van der Waals surface area contributed by atoms with Gasteiger partial charge in [0.25, 0.3) is 5.91 Å². The zero-order valence-electron chi connectivity index (χ0n) is 10.7. The van der Waals surface area contributed by atoms with Gasteiger partial charge in [0.15, 0.2) is 0 Å². The van der Waals surface area contributed by atoms with E-state index in [-0.39, 0.29) is 5.91 Å². The summed E-state index contributed by atoms with van der Waals surface area (Å²) < 4.78 is 0. The van der Waals surface area contributed by atoms with E-state index in [1.54, 1.807) is 36.4 Å². The van der Waals surface area contributed by atoms with Crippen molar-refractivity contribution in [1.82, 2.24) is 0 Å². The van der Waals surface area contributed by atoms with Crippen molar-refractivity contribution in [2.24, 2.45) is 5.73 Å². The second-order valence-electron chi connectivity index (χ2n) is 4.05. The third-order valence-electron chi connectivity index (χ3n) is 2.56. The molecule has 2 rings (SSSR count). The summed E-state index contributed by atoms with van der Waals surface area (Å²) in [4.78, 5) is 12.0. The Labute approximate surface area is 122 Å². The molecule has 0 fully saturated rings. The number of hydrogen-bond donors (Lipinski definition) is 2. The third kappa shape index (κ3) is 3.86. The van der Waals surface area contributed by atoms with Gasteiger partial charge in [-0.05, 0) is 42.5 Å². The van der Waals surface area contributed by atoms with Crippen molar-refractivity contribution >= 4 is 23.2 Å². The molecule has 0 atom stereocenters. The van der Waals surface area contributed by atoms with Crippen LogP contribution in [-0.4, -0.2) is 12.5 Å². The van der Waals surface area contributed by atoms with E-state index in [0.29, 0.717) is 22.8 Å². The largest absolute Gasteiger partial charge is 0.322 e. The van der Waals surface area contributed by atoms with Gasteiger partial charge >= 0.3 is 0 Å². The molecular weight excluding hydrogens is 272 g/mol. The van der Waals surface area contributed by atoms with Crippen LogP contribution in [0.15, 0.2) is 48.5 Å². The lowest BCUT2D eigenvalue weighted by Crippen LogP contribution is -2.11. The van der Waals surface area contributed by atoms with Gasteiger partial charge in [0, 0.05) is 21.8 Å². The van der Waals surface area contributed by atoms with Crippen LogP contribution in [0.2, 0.25) is 5.02 Å².